The van der Waals surface area contributed by atoms with Gasteiger partial charge in [-0.1, -0.05) is 30.3 Å². The molecule has 2 aromatic heterocycles. The lowest BCUT2D eigenvalue weighted by molar-refractivity contribution is -0.138. The highest BCUT2D eigenvalue weighted by Gasteiger charge is 2.38. The van der Waals surface area contributed by atoms with Gasteiger partial charge in [0.25, 0.3) is 5.91 Å². The molecule has 1 atom stereocenters. The molecule has 1 unspecified atom stereocenters. The topological polar surface area (TPSA) is 69.9 Å². The standard InChI is InChI=1S/C25H26N4O3/c30-24(28-13-11-27(12-14-28)18-21-8-3-4-10-26-21)22-16-19-6-1-2-7-20(19)17-29(22)25(31)23-9-5-15-32-23/h1-10,15,22H,11-14,16-18H2. The predicted molar refractivity (Wildman–Crippen MR) is 119 cm³/mol. The normalized spacial score (nSPS) is 18.9. The molecule has 1 aromatic carbocycles. The van der Waals surface area contributed by atoms with Crippen LogP contribution in [0.2, 0.25) is 0 Å². The van der Waals surface area contributed by atoms with Crippen molar-refractivity contribution in [3.8, 4) is 0 Å². The van der Waals surface area contributed by atoms with Crippen molar-refractivity contribution in [3.05, 3.63) is 89.6 Å². The largest absolute Gasteiger partial charge is 0.459 e. The van der Waals surface area contributed by atoms with Crippen molar-refractivity contribution >= 4 is 11.8 Å². The van der Waals surface area contributed by atoms with E-state index in [1.54, 1.807) is 23.2 Å². The number of carbonyl (C=O) groups is 2. The summed E-state index contributed by atoms with van der Waals surface area (Å²) in [5.41, 5.74) is 3.24. The van der Waals surface area contributed by atoms with Crippen LogP contribution in [0.25, 0.3) is 0 Å². The molecule has 0 radical (unpaired) electrons. The molecule has 7 nitrogen and oxygen atoms in total. The summed E-state index contributed by atoms with van der Waals surface area (Å²) in [7, 11) is 0. The molecule has 0 aliphatic carbocycles. The number of piperazine rings is 1. The van der Waals surface area contributed by atoms with E-state index in [9.17, 15) is 9.59 Å². The van der Waals surface area contributed by atoms with Gasteiger partial charge < -0.3 is 14.2 Å². The molecule has 2 amide bonds. The Hall–Kier alpha value is -3.45. The summed E-state index contributed by atoms with van der Waals surface area (Å²) in [5.74, 6) is 0.0379. The lowest BCUT2D eigenvalue weighted by Crippen LogP contribution is -2.57. The monoisotopic (exact) mass is 430 g/mol. The number of carbonyl (C=O) groups excluding carboxylic acids is 2. The van der Waals surface area contributed by atoms with Gasteiger partial charge in [0.15, 0.2) is 5.76 Å². The second-order valence-electron chi connectivity index (χ2n) is 8.32. The molecule has 5 rings (SSSR count). The van der Waals surface area contributed by atoms with E-state index in [2.05, 4.69) is 16.0 Å². The van der Waals surface area contributed by atoms with E-state index in [-0.39, 0.29) is 17.6 Å². The van der Waals surface area contributed by atoms with E-state index in [0.29, 0.717) is 26.1 Å². The number of hydrogen-bond acceptors (Lipinski definition) is 5. The van der Waals surface area contributed by atoms with Gasteiger partial charge in [-0.15, -0.1) is 0 Å². The first-order valence-electron chi connectivity index (χ1n) is 11.0. The van der Waals surface area contributed by atoms with Gasteiger partial charge >= 0.3 is 0 Å². The highest BCUT2D eigenvalue weighted by Crippen LogP contribution is 2.26. The van der Waals surface area contributed by atoms with E-state index in [1.807, 2.05) is 41.3 Å². The van der Waals surface area contributed by atoms with Gasteiger partial charge in [-0.05, 0) is 35.4 Å². The summed E-state index contributed by atoms with van der Waals surface area (Å²) >= 11 is 0. The highest BCUT2D eigenvalue weighted by molar-refractivity contribution is 5.96. The predicted octanol–water partition coefficient (Wildman–Crippen LogP) is 2.59. The van der Waals surface area contributed by atoms with Crippen molar-refractivity contribution in [3.63, 3.8) is 0 Å². The Kier molecular flexibility index (Phi) is 5.73. The Balaban J connectivity index is 1.30. The van der Waals surface area contributed by atoms with Crippen LogP contribution in [0, 0.1) is 0 Å². The van der Waals surface area contributed by atoms with Crippen LogP contribution in [-0.2, 0) is 24.3 Å². The summed E-state index contributed by atoms with van der Waals surface area (Å²) in [4.78, 5) is 37.0. The third-order valence-electron chi connectivity index (χ3n) is 6.32. The SMILES string of the molecule is O=C(C1Cc2ccccc2CN1C(=O)c1ccco1)N1CCN(Cc2ccccn2)CC1. The number of rotatable bonds is 4. The van der Waals surface area contributed by atoms with Gasteiger partial charge in [0.2, 0.25) is 5.91 Å². The van der Waals surface area contributed by atoms with E-state index >= 15 is 0 Å². The second kappa shape index (κ2) is 8.96. The van der Waals surface area contributed by atoms with Crippen LogP contribution < -0.4 is 0 Å². The summed E-state index contributed by atoms with van der Waals surface area (Å²) < 4.78 is 5.35. The molecule has 2 aliphatic rings. The number of benzene rings is 1. The zero-order valence-electron chi connectivity index (χ0n) is 17.9. The first-order chi connectivity index (χ1) is 15.7. The minimum absolute atomic E-state index is 0.0110. The van der Waals surface area contributed by atoms with Crippen molar-refractivity contribution in [2.75, 3.05) is 26.2 Å². The van der Waals surface area contributed by atoms with Crippen molar-refractivity contribution in [1.29, 1.82) is 0 Å². The molecule has 3 aromatic rings. The number of aromatic nitrogens is 1. The summed E-state index contributed by atoms with van der Waals surface area (Å²) in [6, 6.07) is 16.8. The Morgan fingerprint density at radius 1 is 0.938 bits per heavy atom. The maximum atomic E-state index is 13.6. The molecule has 4 heterocycles. The van der Waals surface area contributed by atoms with Gasteiger partial charge in [0, 0.05) is 51.9 Å². The molecular formula is C25H26N4O3. The van der Waals surface area contributed by atoms with Crippen molar-refractivity contribution < 1.29 is 14.0 Å². The zero-order valence-corrected chi connectivity index (χ0v) is 17.9. The maximum absolute atomic E-state index is 13.6. The van der Waals surface area contributed by atoms with Crippen LogP contribution in [0.5, 0.6) is 0 Å². The average Bonchev–Trinajstić information content (AvgIpc) is 3.39. The Labute approximate surface area is 187 Å². The lowest BCUT2D eigenvalue weighted by atomic mass is 9.92. The average molecular weight is 431 g/mol. The summed E-state index contributed by atoms with van der Waals surface area (Å²) in [6.07, 6.45) is 3.82. The van der Waals surface area contributed by atoms with Gasteiger partial charge in [0.05, 0.1) is 12.0 Å². The third-order valence-corrected chi connectivity index (χ3v) is 6.32. The molecule has 164 valence electrons. The van der Waals surface area contributed by atoms with Crippen molar-refractivity contribution in [2.45, 2.75) is 25.6 Å². The minimum Gasteiger partial charge on any atom is -0.459 e. The molecule has 0 spiro atoms. The van der Waals surface area contributed by atoms with Crippen molar-refractivity contribution in [1.82, 2.24) is 19.7 Å². The summed E-state index contributed by atoms with van der Waals surface area (Å²) in [6.45, 7) is 4.06. The first-order valence-corrected chi connectivity index (χ1v) is 11.0. The van der Waals surface area contributed by atoms with Crippen LogP contribution in [0.1, 0.15) is 27.4 Å². The van der Waals surface area contributed by atoms with Gasteiger partial charge in [-0.2, -0.15) is 0 Å². The van der Waals surface area contributed by atoms with E-state index < -0.39 is 6.04 Å². The third kappa shape index (κ3) is 4.16. The number of furan rings is 1. The molecule has 0 bridgehead atoms. The maximum Gasteiger partial charge on any atom is 0.290 e. The minimum atomic E-state index is -0.523. The molecule has 2 aliphatic heterocycles. The number of nitrogens with zero attached hydrogens (tertiary/aromatic N) is 4. The molecule has 32 heavy (non-hydrogen) atoms. The van der Waals surface area contributed by atoms with Crippen LogP contribution in [0.3, 0.4) is 0 Å². The van der Waals surface area contributed by atoms with E-state index in [4.69, 9.17) is 4.42 Å². The molecule has 0 N–H and O–H groups in total. The number of amides is 2. The van der Waals surface area contributed by atoms with Crippen molar-refractivity contribution in [2.24, 2.45) is 0 Å². The fourth-order valence-corrected chi connectivity index (χ4v) is 4.56. The smallest absolute Gasteiger partial charge is 0.290 e. The van der Waals surface area contributed by atoms with Crippen LogP contribution >= 0.6 is 0 Å². The van der Waals surface area contributed by atoms with Crippen LogP contribution in [0.15, 0.2) is 71.5 Å². The molecule has 0 saturated carbocycles. The number of fused-ring (bicyclic) bond motifs is 1. The zero-order chi connectivity index (χ0) is 21.9. The molecule has 7 heteroatoms. The first kappa shape index (κ1) is 20.5. The summed E-state index contributed by atoms with van der Waals surface area (Å²) in [5, 5.41) is 0. The highest BCUT2D eigenvalue weighted by atomic mass is 16.3. The van der Waals surface area contributed by atoms with Gasteiger partial charge in [-0.25, -0.2) is 0 Å². The van der Waals surface area contributed by atoms with Gasteiger partial charge in [0.1, 0.15) is 6.04 Å². The number of pyridine rings is 1. The molecule has 1 saturated heterocycles. The van der Waals surface area contributed by atoms with Gasteiger partial charge in [-0.3, -0.25) is 19.5 Å². The Morgan fingerprint density at radius 3 is 2.44 bits per heavy atom. The Bertz CT molecular complexity index is 1080. The fraction of sp³-hybridized carbons (Fsp3) is 0.320. The Morgan fingerprint density at radius 2 is 1.72 bits per heavy atom. The lowest BCUT2D eigenvalue weighted by Gasteiger charge is -2.41. The molecule has 1 fully saturated rings. The van der Waals surface area contributed by atoms with Crippen LogP contribution in [0.4, 0.5) is 0 Å². The van der Waals surface area contributed by atoms with Crippen LogP contribution in [-0.4, -0.2) is 63.7 Å². The molecular weight excluding hydrogens is 404 g/mol. The quantitative estimate of drug-likeness (QED) is 0.636. The number of hydrogen-bond donors (Lipinski definition) is 0. The van der Waals surface area contributed by atoms with E-state index in [0.717, 1.165) is 36.5 Å². The second-order valence-corrected chi connectivity index (χ2v) is 8.32. The van der Waals surface area contributed by atoms with E-state index in [1.165, 1.54) is 6.26 Å². The fourth-order valence-electron chi connectivity index (χ4n) is 4.56.